The van der Waals surface area contributed by atoms with E-state index in [4.69, 9.17) is 14.3 Å². The van der Waals surface area contributed by atoms with Gasteiger partial charge >= 0.3 is 0 Å². The van der Waals surface area contributed by atoms with E-state index in [0.29, 0.717) is 0 Å². The minimum atomic E-state index is 0. The summed E-state index contributed by atoms with van der Waals surface area (Å²) >= 11 is 0. The van der Waals surface area contributed by atoms with Crippen molar-refractivity contribution >= 4 is 29.9 Å². The predicted molar refractivity (Wildman–Crippen MR) is 107 cm³/mol. The third-order valence-corrected chi connectivity index (χ3v) is 4.12. The summed E-state index contributed by atoms with van der Waals surface area (Å²) in [7, 11) is 2.05. The van der Waals surface area contributed by atoms with Crippen molar-refractivity contribution in [1.82, 2.24) is 15.4 Å². The fraction of sp³-hybridized carbons (Fsp3) is 0.765. The van der Waals surface area contributed by atoms with E-state index >= 15 is 0 Å². The number of aryl methyl sites for hydroxylation is 2. The molecule has 0 amide bonds. The number of guanidine groups is 1. The molecule has 0 unspecified atom stereocenters. The molecule has 1 aromatic heterocycles. The van der Waals surface area contributed by atoms with Crippen molar-refractivity contribution in [1.29, 1.82) is 0 Å². The number of nitrogens with zero attached hydrogens (tertiary/aromatic N) is 3. The molecule has 0 aromatic carbocycles. The molecule has 0 aliphatic heterocycles. The molecule has 0 atom stereocenters. The molecule has 6 nitrogen and oxygen atoms in total. The van der Waals surface area contributed by atoms with Crippen molar-refractivity contribution in [3.05, 3.63) is 17.0 Å². The Bertz CT molecular complexity index is 495. The predicted octanol–water partition coefficient (Wildman–Crippen LogP) is 2.78. The second-order valence-electron chi connectivity index (χ2n) is 6.23. The molecule has 0 spiro atoms. The second-order valence-corrected chi connectivity index (χ2v) is 6.23. The molecule has 7 heteroatoms. The van der Waals surface area contributed by atoms with Crippen LogP contribution in [0.1, 0.15) is 36.8 Å². The standard InChI is InChI=1S/C17H30N4O2.HI/c1-5-18-17(21(4)10-11-22-12-15-6-7-15)19-9-8-16-13(2)20-23-14(16)3;/h15H,5-12H2,1-4H3,(H,18,19);1H. The van der Waals surface area contributed by atoms with E-state index in [1.807, 2.05) is 13.8 Å². The maximum Gasteiger partial charge on any atom is 0.193 e. The molecule has 1 aromatic rings. The van der Waals surface area contributed by atoms with Gasteiger partial charge in [0.15, 0.2) is 5.96 Å². The topological polar surface area (TPSA) is 62.9 Å². The summed E-state index contributed by atoms with van der Waals surface area (Å²) in [4.78, 5) is 6.83. The van der Waals surface area contributed by atoms with E-state index < -0.39 is 0 Å². The third-order valence-electron chi connectivity index (χ3n) is 4.12. The SMILES string of the molecule is CCNC(=NCCc1c(C)noc1C)N(C)CCOCC1CC1.I. The molecule has 1 N–H and O–H groups in total. The maximum atomic E-state index is 5.71. The Morgan fingerprint density at radius 2 is 2.17 bits per heavy atom. The van der Waals surface area contributed by atoms with Gasteiger partial charge in [-0.15, -0.1) is 24.0 Å². The average molecular weight is 450 g/mol. The van der Waals surface area contributed by atoms with E-state index in [1.54, 1.807) is 0 Å². The Morgan fingerprint density at radius 1 is 1.42 bits per heavy atom. The number of ether oxygens (including phenoxy) is 1. The van der Waals surface area contributed by atoms with Crippen molar-refractivity contribution in [2.45, 2.75) is 40.0 Å². The molecule has 1 aliphatic rings. The molecule has 1 saturated carbocycles. The van der Waals surface area contributed by atoms with Gasteiger partial charge in [-0.25, -0.2) is 0 Å². The van der Waals surface area contributed by atoms with Gasteiger partial charge < -0.3 is 19.5 Å². The Balaban J connectivity index is 0.00000288. The van der Waals surface area contributed by atoms with Crippen LogP contribution in [0.3, 0.4) is 0 Å². The number of nitrogens with one attached hydrogen (secondary N) is 1. The van der Waals surface area contributed by atoms with Crippen LogP contribution in [0.2, 0.25) is 0 Å². The van der Waals surface area contributed by atoms with Crippen LogP contribution in [0, 0.1) is 19.8 Å². The van der Waals surface area contributed by atoms with Gasteiger partial charge in [-0.1, -0.05) is 5.16 Å². The summed E-state index contributed by atoms with van der Waals surface area (Å²) in [5.74, 6) is 2.64. The molecule has 0 radical (unpaired) electrons. The van der Waals surface area contributed by atoms with Gasteiger partial charge in [-0.05, 0) is 46.0 Å². The molecule has 1 fully saturated rings. The van der Waals surface area contributed by atoms with Crippen LogP contribution < -0.4 is 5.32 Å². The summed E-state index contributed by atoms with van der Waals surface area (Å²) in [5, 5.41) is 7.32. The lowest BCUT2D eigenvalue weighted by molar-refractivity contribution is 0.115. The number of aliphatic imine (C=N–C) groups is 1. The van der Waals surface area contributed by atoms with Gasteiger partial charge in [0.25, 0.3) is 0 Å². The zero-order valence-corrected chi connectivity index (χ0v) is 17.6. The number of rotatable bonds is 9. The Labute approximate surface area is 162 Å². The van der Waals surface area contributed by atoms with E-state index in [-0.39, 0.29) is 24.0 Å². The quantitative estimate of drug-likeness (QED) is 0.271. The molecule has 1 aliphatic carbocycles. The molecule has 1 heterocycles. The van der Waals surface area contributed by atoms with Gasteiger partial charge in [0.05, 0.1) is 12.3 Å². The second kappa shape index (κ2) is 10.9. The van der Waals surface area contributed by atoms with E-state index in [2.05, 4.69) is 29.3 Å². The first-order valence-electron chi connectivity index (χ1n) is 8.60. The van der Waals surface area contributed by atoms with Crippen molar-refractivity contribution in [2.24, 2.45) is 10.9 Å². The summed E-state index contributed by atoms with van der Waals surface area (Å²) in [6.45, 7) is 10.1. The van der Waals surface area contributed by atoms with E-state index in [1.165, 1.54) is 18.4 Å². The molecule has 0 saturated heterocycles. The van der Waals surface area contributed by atoms with Gasteiger partial charge in [0, 0.05) is 38.9 Å². The maximum absolute atomic E-state index is 5.71. The lowest BCUT2D eigenvalue weighted by Crippen LogP contribution is -2.40. The fourth-order valence-electron chi connectivity index (χ4n) is 2.44. The number of hydrogen-bond donors (Lipinski definition) is 1. The van der Waals surface area contributed by atoms with E-state index in [0.717, 1.165) is 62.6 Å². The largest absolute Gasteiger partial charge is 0.379 e. The van der Waals surface area contributed by atoms with Crippen LogP contribution in [-0.4, -0.2) is 55.9 Å². The number of hydrogen-bond acceptors (Lipinski definition) is 4. The van der Waals surface area contributed by atoms with Crippen LogP contribution in [0.25, 0.3) is 0 Å². The molecular formula is C17H31IN4O2. The zero-order chi connectivity index (χ0) is 16.7. The van der Waals surface area contributed by atoms with Crippen molar-refractivity contribution in [2.75, 3.05) is 39.9 Å². The zero-order valence-electron chi connectivity index (χ0n) is 15.3. The minimum absolute atomic E-state index is 0. The number of likely N-dealkylation sites (N-methyl/N-ethyl adjacent to an activating group) is 1. The highest BCUT2D eigenvalue weighted by atomic mass is 127. The van der Waals surface area contributed by atoms with Gasteiger partial charge in [0.1, 0.15) is 5.76 Å². The van der Waals surface area contributed by atoms with E-state index in [9.17, 15) is 0 Å². The summed E-state index contributed by atoms with van der Waals surface area (Å²) in [6, 6.07) is 0. The first kappa shape index (κ1) is 21.2. The molecular weight excluding hydrogens is 419 g/mol. The first-order valence-corrected chi connectivity index (χ1v) is 8.60. The highest BCUT2D eigenvalue weighted by Crippen LogP contribution is 2.28. The lowest BCUT2D eigenvalue weighted by atomic mass is 10.1. The third kappa shape index (κ3) is 6.96. The Kier molecular flexibility index (Phi) is 9.65. The first-order chi connectivity index (χ1) is 11.1. The summed E-state index contributed by atoms with van der Waals surface area (Å²) < 4.78 is 10.9. The van der Waals surface area contributed by atoms with Crippen molar-refractivity contribution < 1.29 is 9.26 Å². The molecule has 2 rings (SSSR count). The van der Waals surface area contributed by atoms with Crippen molar-refractivity contribution in [3.8, 4) is 0 Å². The van der Waals surface area contributed by atoms with Gasteiger partial charge in [-0.2, -0.15) is 0 Å². The number of aromatic nitrogens is 1. The molecule has 0 bridgehead atoms. The minimum Gasteiger partial charge on any atom is -0.379 e. The fourth-order valence-corrected chi connectivity index (χ4v) is 2.44. The van der Waals surface area contributed by atoms with Crippen LogP contribution in [0.15, 0.2) is 9.52 Å². The van der Waals surface area contributed by atoms with Crippen LogP contribution in [0.4, 0.5) is 0 Å². The average Bonchev–Trinajstić information content (AvgIpc) is 3.30. The Morgan fingerprint density at radius 3 is 2.75 bits per heavy atom. The Hall–Kier alpha value is -0.830. The number of halogens is 1. The smallest absolute Gasteiger partial charge is 0.193 e. The monoisotopic (exact) mass is 450 g/mol. The lowest BCUT2D eigenvalue weighted by Gasteiger charge is -2.22. The van der Waals surface area contributed by atoms with Crippen molar-refractivity contribution in [3.63, 3.8) is 0 Å². The van der Waals surface area contributed by atoms with Gasteiger partial charge in [-0.3, -0.25) is 4.99 Å². The van der Waals surface area contributed by atoms with Crippen LogP contribution in [-0.2, 0) is 11.2 Å². The summed E-state index contributed by atoms with van der Waals surface area (Å²) in [6.07, 6.45) is 3.52. The van der Waals surface area contributed by atoms with Crippen LogP contribution in [0.5, 0.6) is 0 Å². The molecule has 138 valence electrons. The normalized spacial score (nSPS) is 14.4. The van der Waals surface area contributed by atoms with Crippen LogP contribution >= 0.6 is 24.0 Å². The highest BCUT2D eigenvalue weighted by molar-refractivity contribution is 14.0. The molecule has 24 heavy (non-hydrogen) atoms. The van der Waals surface area contributed by atoms with Gasteiger partial charge in [0.2, 0.25) is 0 Å². The highest BCUT2D eigenvalue weighted by Gasteiger charge is 2.21. The summed E-state index contributed by atoms with van der Waals surface area (Å²) in [5.41, 5.74) is 2.13.